The van der Waals surface area contributed by atoms with Gasteiger partial charge in [0.25, 0.3) is 0 Å². The second kappa shape index (κ2) is 8.34. The van der Waals surface area contributed by atoms with Crippen LogP contribution in [0.1, 0.15) is 26.7 Å². The molecule has 1 aliphatic rings. The van der Waals surface area contributed by atoms with Gasteiger partial charge in [0.15, 0.2) is 0 Å². The van der Waals surface area contributed by atoms with Crippen molar-refractivity contribution in [2.24, 2.45) is 0 Å². The van der Waals surface area contributed by atoms with Crippen LogP contribution in [0.5, 0.6) is 0 Å². The summed E-state index contributed by atoms with van der Waals surface area (Å²) in [6.07, 6.45) is 2.38. The maximum atomic E-state index is 9.87. The maximum Gasteiger partial charge on any atom is 0.0791 e. The van der Waals surface area contributed by atoms with E-state index < -0.39 is 0 Å². The molecule has 1 fully saturated rings. The summed E-state index contributed by atoms with van der Waals surface area (Å²) in [5, 5.41) is 13.3. The number of aliphatic hydroxyl groups excluding tert-OH is 1. The van der Waals surface area contributed by atoms with Gasteiger partial charge in [0.2, 0.25) is 0 Å². The Hall–Kier alpha value is 0.230. The van der Waals surface area contributed by atoms with E-state index in [2.05, 4.69) is 24.1 Å². The van der Waals surface area contributed by atoms with Crippen LogP contribution < -0.4 is 5.32 Å². The first kappa shape index (κ1) is 14.3. The molecule has 0 amide bonds. The molecule has 0 radical (unpaired) electrons. The lowest BCUT2D eigenvalue weighted by Gasteiger charge is -2.21. The van der Waals surface area contributed by atoms with Crippen molar-refractivity contribution in [2.45, 2.75) is 38.8 Å². The van der Waals surface area contributed by atoms with Crippen LogP contribution >= 0.6 is 11.8 Å². The smallest absolute Gasteiger partial charge is 0.0791 e. The molecule has 0 bridgehead atoms. The second-order valence-corrected chi connectivity index (χ2v) is 5.95. The van der Waals surface area contributed by atoms with Crippen molar-refractivity contribution < 1.29 is 5.11 Å². The SMILES string of the molecule is CCSCC(C)NCC(O)CN1CCCC1. The van der Waals surface area contributed by atoms with Gasteiger partial charge in [0.1, 0.15) is 0 Å². The summed E-state index contributed by atoms with van der Waals surface area (Å²) in [6, 6.07) is 0.498. The van der Waals surface area contributed by atoms with Crippen molar-refractivity contribution in [2.75, 3.05) is 37.7 Å². The van der Waals surface area contributed by atoms with Gasteiger partial charge < -0.3 is 15.3 Å². The fraction of sp³-hybridized carbons (Fsp3) is 1.00. The van der Waals surface area contributed by atoms with Gasteiger partial charge in [-0.1, -0.05) is 6.92 Å². The van der Waals surface area contributed by atoms with Gasteiger partial charge in [-0.2, -0.15) is 11.8 Å². The number of rotatable bonds is 8. The first-order valence-corrected chi connectivity index (χ1v) is 7.59. The molecule has 4 heteroatoms. The van der Waals surface area contributed by atoms with Crippen LogP contribution in [0.25, 0.3) is 0 Å². The minimum atomic E-state index is -0.216. The van der Waals surface area contributed by atoms with Gasteiger partial charge in [0.05, 0.1) is 6.10 Å². The lowest BCUT2D eigenvalue weighted by Crippen LogP contribution is -2.40. The molecule has 16 heavy (non-hydrogen) atoms. The number of thioether (sulfide) groups is 1. The van der Waals surface area contributed by atoms with Crippen molar-refractivity contribution in [1.82, 2.24) is 10.2 Å². The Kier molecular flexibility index (Phi) is 7.45. The largest absolute Gasteiger partial charge is 0.390 e. The van der Waals surface area contributed by atoms with E-state index in [1.54, 1.807) is 0 Å². The van der Waals surface area contributed by atoms with E-state index in [0.717, 1.165) is 31.9 Å². The molecule has 0 aromatic carbocycles. The molecule has 1 aliphatic heterocycles. The fourth-order valence-electron chi connectivity index (χ4n) is 2.02. The summed E-state index contributed by atoms with van der Waals surface area (Å²) in [7, 11) is 0. The van der Waals surface area contributed by atoms with Crippen molar-refractivity contribution in [3.8, 4) is 0 Å². The van der Waals surface area contributed by atoms with E-state index >= 15 is 0 Å². The summed E-state index contributed by atoms with van der Waals surface area (Å²) in [5.41, 5.74) is 0. The topological polar surface area (TPSA) is 35.5 Å². The lowest BCUT2D eigenvalue weighted by atomic mass is 10.3. The van der Waals surface area contributed by atoms with Gasteiger partial charge in [-0.25, -0.2) is 0 Å². The first-order valence-electron chi connectivity index (χ1n) is 6.44. The van der Waals surface area contributed by atoms with E-state index in [4.69, 9.17) is 0 Å². The lowest BCUT2D eigenvalue weighted by molar-refractivity contribution is 0.121. The second-order valence-electron chi connectivity index (χ2n) is 4.63. The number of hydrogen-bond donors (Lipinski definition) is 2. The van der Waals surface area contributed by atoms with E-state index in [1.807, 2.05) is 11.8 Å². The molecule has 1 heterocycles. The first-order chi connectivity index (χ1) is 7.72. The normalized spacial score (nSPS) is 21.2. The van der Waals surface area contributed by atoms with Gasteiger partial charge in [-0.05, 0) is 38.6 Å². The number of likely N-dealkylation sites (tertiary alicyclic amines) is 1. The third kappa shape index (κ3) is 6.09. The molecular formula is C12H26N2OS. The van der Waals surface area contributed by atoms with Crippen molar-refractivity contribution in [3.05, 3.63) is 0 Å². The zero-order chi connectivity index (χ0) is 11.8. The molecule has 1 rings (SSSR count). The molecule has 3 nitrogen and oxygen atoms in total. The minimum Gasteiger partial charge on any atom is -0.390 e. The van der Waals surface area contributed by atoms with Crippen LogP contribution in [-0.4, -0.2) is 59.8 Å². The summed E-state index contributed by atoms with van der Waals surface area (Å²) in [4.78, 5) is 2.36. The standard InChI is InChI=1S/C12H26N2OS/c1-3-16-10-11(2)13-8-12(15)9-14-6-4-5-7-14/h11-13,15H,3-10H2,1-2H3. The van der Waals surface area contributed by atoms with Gasteiger partial charge in [0, 0.05) is 24.9 Å². The molecular weight excluding hydrogens is 220 g/mol. The Morgan fingerprint density at radius 1 is 1.38 bits per heavy atom. The average molecular weight is 246 g/mol. The molecule has 2 N–H and O–H groups in total. The van der Waals surface area contributed by atoms with E-state index in [-0.39, 0.29) is 6.10 Å². The summed E-state index contributed by atoms with van der Waals surface area (Å²) >= 11 is 1.95. The number of β-amino-alcohol motifs (C(OH)–C–C–N with tert-alkyl or cyclic N) is 1. The average Bonchev–Trinajstić information content (AvgIpc) is 2.76. The highest BCUT2D eigenvalue weighted by atomic mass is 32.2. The van der Waals surface area contributed by atoms with E-state index in [0.29, 0.717) is 6.04 Å². The summed E-state index contributed by atoms with van der Waals surface area (Å²) < 4.78 is 0. The highest BCUT2D eigenvalue weighted by Crippen LogP contribution is 2.07. The zero-order valence-corrected chi connectivity index (χ0v) is 11.4. The Bertz CT molecular complexity index is 174. The Morgan fingerprint density at radius 2 is 2.06 bits per heavy atom. The van der Waals surface area contributed by atoms with Crippen molar-refractivity contribution in [1.29, 1.82) is 0 Å². The summed E-state index contributed by atoms with van der Waals surface area (Å²) in [5.74, 6) is 2.30. The van der Waals surface area contributed by atoms with E-state index in [9.17, 15) is 5.11 Å². The molecule has 2 atom stereocenters. The van der Waals surface area contributed by atoms with Crippen LogP contribution in [0.4, 0.5) is 0 Å². The molecule has 0 aliphatic carbocycles. The van der Waals surface area contributed by atoms with Crippen LogP contribution in [0.3, 0.4) is 0 Å². The number of nitrogens with one attached hydrogen (secondary N) is 1. The van der Waals surface area contributed by atoms with Crippen LogP contribution in [0.2, 0.25) is 0 Å². The fourth-order valence-corrected chi connectivity index (χ4v) is 2.73. The highest BCUT2D eigenvalue weighted by molar-refractivity contribution is 7.99. The maximum absolute atomic E-state index is 9.87. The van der Waals surface area contributed by atoms with Crippen LogP contribution in [0.15, 0.2) is 0 Å². The van der Waals surface area contributed by atoms with E-state index in [1.165, 1.54) is 18.6 Å². The third-order valence-electron chi connectivity index (χ3n) is 2.94. The molecule has 1 saturated heterocycles. The van der Waals surface area contributed by atoms with Gasteiger partial charge >= 0.3 is 0 Å². The number of nitrogens with zero attached hydrogens (tertiary/aromatic N) is 1. The quantitative estimate of drug-likeness (QED) is 0.674. The Morgan fingerprint density at radius 3 is 2.69 bits per heavy atom. The molecule has 0 saturated carbocycles. The Labute approximate surface area is 104 Å². The predicted molar refractivity (Wildman–Crippen MR) is 72.1 cm³/mol. The van der Waals surface area contributed by atoms with Crippen LogP contribution in [0, 0.1) is 0 Å². The third-order valence-corrected chi connectivity index (χ3v) is 4.09. The highest BCUT2D eigenvalue weighted by Gasteiger charge is 2.15. The van der Waals surface area contributed by atoms with Gasteiger partial charge in [-0.15, -0.1) is 0 Å². The minimum absolute atomic E-state index is 0.216. The zero-order valence-electron chi connectivity index (χ0n) is 10.6. The van der Waals surface area contributed by atoms with Gasteiger partial charge in [-0.3, -0.25) is 0 Å². The molecule has 0 aromatic rings. The Balaban J connectivity index is 2.02. The number of hydrogen-bond acceptors (Lipinski definition) is 4. The molecule has 0 aromatic heterocycles. The molecule has 96 valence electrons. The van der Waals surface area contributed by atoms with Crippen LogP contribution in [-0.2, 0) is 0 Å². The summed E-state index contributed by atoms with van der Waals surface area (Å²) in [6.45, 7) is 8.25. The molecule has 2 unspecified atom stereocenters. The van der Waals surface area contributed by atoms with Crippen molar-refractivity contribution in [3.63, 3.8) is 0 Å². The monoisotopic (exact) mass is 246 g/mol. The molecule has 0 spiro atoms. The van der Waals surface area contributed by atoms with Crippen molar-refractivity contribution >= 4 is 11.8 Å². The number of aliphatic hydroxyl groups is 1. The predicted octanol–water partition coefficient (Wildman–Crippen LogP) is 1.17.